The Morgan fingerprint density at radius 3 is 2.75 bits per heavy atom. The third kappa shape index (κ3) is 5.39. The zero-order chi connectivity index (χ0) is 26.2. The number of anilines is 2. The van der Waals surface area contributed by atoms with E-state index >= 15 is 0 Å². The molecule has 192 valence electrons. The number of nitrogens with zero attached hydrogens (tertiary/aromatic N) is 2. The average molecular weight is 538 g/mol. The summed E-state index contributed by atoms with van der Waals surface area (Å²) in [5, 5.41) is 6.73. The number of hydrogen-bond donors (Lipinski definition) is 3. The van der Waals surface area contributed by atoms with Crippen LogP contribution in [0.1, 0.15) is 28.6 Å². The number of aryl methyl sites for hydroxylation is 1. The molecule has 4 N–H and O–H groups in total. The van der Waals surface area contributed by atoms with Gasteiger partial charge in [-0.1, -0.05) is 0 Å². The highest BCUT2D eigenvalue weighted by Gasteiger charge is 2.39. The lowest BCUT2D eigenvalue weighted by Crippen LogP contribution is -2.42. The summed E-state index contributed by atoms with van der Waals surface area (Å²) in [6.07, 6.45) is 1.99. The number of carbonyl (C=O) groups excluding carboxylic acids is 2. The molecule has 2 aromatic heterocycles. The normalized spacial score (nSPS) is 18.7. The Morgan fingerprint density at radius 1 is 1.33 bits per heavy atom. The summed E-state index contributed by atoms with van der Waals surface area (Å²) in [6, 6.07) is 3.23. The van der Waals surface area contributed by atoms with Gasteiger partial charge in [0.15, 0.2) is 9.84 Å². The maximum atomic E-state index is 14.1. The van der Waals surface area contributed by atoms with E-state index in [0.717, 1.165) is 24.5 Å². The molecule has 3 heterocycles. The standard InChI is InChI=1S/C22H24FN5O6S2/c1-10-17-20(26-9-27-21(17)35-18(10)19(24)30)28-14-5-4-12(23)6-16(14)34-13-7-15(25-8-13)22(33-11(2)29)36(3,31)32/h4-6,9,13,15,22,25H,7-8H2,1-3H3,(H2,24,30)(H,26,27,28)/t13-,15-,22?/m0/s1. The molecule has 3 aromatic rings. The lowest BCUT2D eigenvalue weighted by atomic mass is 10.2. The number of rotatable bonds is 8. The fourth-order valence-electron chi connectivity index (χ4n) is 4.07. The Bertz CT molecular complexity index is 1440. The average Bonchev–Trinajstić information content (AvgIpc) is 3.38. The third-order valence-corrected chi connectivity index (χ3v) is 8.08. The molecule has 0 bridgehead atoms. The van der Waals surface area contributed by atoms with E-state index in [2.05, 4.69) is 20.6 Å². The van der Waals surface area contributed by atoms with Crippen molar-refractivity contribution in [2.75, 3.05) is 18.1 Å². The number of amides is 1. The van der Waals surface area contributed by atoms with Gasteiger partial charge in [0, 0.05) is 32.2 Å². The molecular weight excluding hydrogens is 513 g/mol. The minimum Gasteiger partial charge on any atom is -0.487 e. The van der Waals surface area contributed by atoms with Crippen LogP contribution >= 0.6 is 11.3 Å². The van der Waals surface area contributed by atoms with Crippen molar-refractivity contribution < 1.29 is 31.9 Å². The van der Waals surface area contributed by atoms with E-state index < -0.39 is 45.1 Å². The number of ether oxygens (including phenoxy) is 2. The number of thiophene rings is 1. The highest BCUT2D eigenvalue weighted by Crippen LogP contribution is 2.37. The van der Waals surface area contributed by atoms with E-state index in [0.29, 0.717) is 32.2 Å². The minimum atomic E-state index is -3.70. The molecule has 1 unspecified atom stereocenters. The molecule has 1 aliphatic heterocycles. The van der Waals surface area contributed by atoms with Crippen LogP contribution in [0, 0.1) is 12.7 Å². The van der Waals surface area contributed by atoms with Crippen molar-refractivity contribution in [1.29, 1.82) is 0 Å². The van der Waals surface area contributed by atoms with Crippen LogP contribution in [0.25, 0.3) is 10.2 Å². The number of halogens is 1. The summed E-state index contributed by atoms with van der Waals surface area (Å²) in [4.78, 5) is 32.6. The van der Waals surface area contributed by atoms with Gasteiger partial charge in [0.2, 0.25) is 5.44 Å². The van der Waals surface area contributed by atoms with E-state index in [4.69, 9.17) is 15.2 Å². The van der Waals surface area contributed by atoms with Gasteiger partial charge >= 0.3 is 5.97 Å². The summed E-state index contributed by atoms with van der Waals surface area (Å²) < 4.78 is 49.5. The molecule has 11 nitrogen and oxygen atoms in total. The smallest absolute Gasteiger partial charge is 0.303 e. The second-order valence-corrected chi connectivity index (χ2v) is 11.5. The summed E-state index contributed by atoms with van der Waals surface area (Å²) >= 11 is 1.15. The van der Waals surface area contributed by atoms with Crippen LogP contribution in [0.4, 0.5) is 15.9 Å². The van der Waals surface area contributed by atoms with E-state index in [-0.39, 0.29) is 18.7 Å². The molecule has 4 rings (SSSR count). The van der Waals surface area contributed by atoms with Gasteiger partial charge in [0.1, 0.15) is 34.6 Å². The lowest BCUT2D eigenvalue weighted by molar-refractivity contribution is -0.143. The van der Waals surface area contributed by atoms with Crippen molar-refractivity contribution >= 4 is 54.8 Å². The third-order valence-electron chi connectivity index (χ3n) is 5.60. The van der Waals surface area contributed by atoms with Crippen LogP contribution in [0.2, 0.25) is 0 Å². The van der Waals surface area contributed by atoms with Crippen molar-refractivity contribution in [2.45, 2.75) is 37.9 Å². The molecule has 36 heavy (non-hydrogen) atoms. The molecular formula is C22H24FN5O6S2. The number of aromatic nitrogens is 2. The van der Waals surface area contributed by atoms with Gasteiger partial charge in [-0.2, -0.15) is 0 Å². The lowest BCUT2D eigenvalue weighted by Gasteiger charge is -2.22. The monoisotopic (exact) mass is 537 g/mol. The fourth-order valence-corrected chi connectivity index (χ4v) is 6.18. The Labute approximate surface area is 210 Å². The Morgan fingerprint density at radius 2 is 2.08 bits per heavy atom. The summed E-state index contributed by atoms with van der Waals surface area (Å²) in [5.74, 6) is -1.28. The first kappa shape index (κ1) is 25.7. The van der Waals surface area contributed by atoms with Gasteiger partial charge in [0.25, 0.3) is 5.91 Å². The molecule has 0 spiro atoms. The number of benzene rings is 1. The molecule has 1 aromatic carbocycles. The quantitative estimate of drug-likeness (QED) is 0.362. The summed E-state index contributed by atoms with van der Waals surface area (Å²) in [7, 11) is -3.70. The maximum Gasteiger partial charge on any atom is 0.303 e. The maximum absolute atomic E-state index is 14.1. The van der Waals surface area contributed by atoms with Gasteiger partial charge in [-0.3, -0.25) is 9.59 Å². The minimum absolute atomic E-state index is 0.167. The summed E-state index contributed by atoms with van der Waals surface area (Å²) in [5.41, 5.74) is 5.11. The zero-order valence-electron chi connectivity index (χ0n) is 19.6. The van der Waals surface area contributed by atoms with Crippen LogP contribution in [0.5, 0.6) is 5.75 Å². The number of carbonyl (C=O) groups is 2. The van der Waals surface area contributed by atoms with E-state index in [1.54, 1.807) is 6.92 Å². The number of nitrogens with two attached hydrogens (primary N) is 1. The first-order valence-corrected chi connectivity index (χ1v) is 13.6. The molecule has 1 fully saturated rings. The van der Waals surface area contributed by atoms with E-state index in [1.807, 2.05) is 0 Å². The van der Waals surface area contributed by atoms with Crippen LogP contribution in [0.3, 0.4) is 0 Å². The highest BCUT2D eigenvalue weighted by atomic mass is 32.2. The van der Waals surface area contributed by atoms with Crippen molar-refractivity contribution in [3.05, 3.63) is 40.8 Å². The molecule has 0 saturated carbocycles. The largest absolute Gasteiger partial charge is 0.487 e. The second-order valence-electron chi connectivity index (χ2n) is 8.39. The summed E-state index contributed by atoms with van der Waals surface area (Å²) in [6.45, 7) is 3.12. The van der Waals surface area contributed by atoms with Crippen molar-refractivity contribution in [1.82, 2.24) is 15.3 Å². The SMILES string of the molecule is CC(=O)OC([C@@H]1C[C@H](Oc2cc(F)ccc2Nc2ncnc3sc(C(N)=O)c(C)c23)CN1)S(C)(=O)=O. The number of nitrogens with one attached hydrogen (secondary N) is 2. The Hall–Kier alpha value is -3.36. The topological polar surface area (TPSA) is 163 Å². The molecule has 1 saturated heterocycles. The molecule has 1 amide bonds. The number of fused-ring (bicyclic) bond motifs is 1. The Balaban J connectivity index is 1.59. The predicted octanol–water partition coefficient (Wildman–Crippen LogP) is 2.02. The number of esters is 1. The molecule has 0 aliphatic carbocycles. The van der Waals surface area contributed by atoms with Crippen LogP contribution in [0.15, 0.2) is 24.5 Å². The predicted molar refractivity (Wildman–Crippen MR) is 132 cm³/mol. The molecule has 1 aliphatic rings. The fraction of sp³-hybridized carbons (Fsp3) is 0.364. The van der Waals surface area contributed by atoms with Crippen molar-refractivity contribution in [3.8, 4) is 5.75 Å². The van der Waals surface area contributed by atoms with Crippen LogP contribution < -0.4 is 21.1 Å². The zero-order valence-corrected chi connectivity index (χ0v) is 21.2. The van der Waals surface area contributed by atoms with Gasteiger partial charge in [-0.25, -0.2) is 22.8 Å². The van der Waals surface area contributed by atoms with Gasteiger partial charge < -0.3 is 25.8 Å². The number of sulfone groups is 1. The Kier molecular flexibility index (Phi) is 7.11. The van der Waals surface area contributed by atoms with E-state index in [1.165, 1.54) is 24.5 Å². The number of hydrogen-bond acceptors (Lipinski definition) is 11. The second kappa shape index (κ2) is 9.95. The molecule has 14 heteroatoms. The first-order chi connectivity index (χ1) is 16.9. The molecule has 3 atom stereocenters. The van der Waals surface area contributed by atoms with Crippen LogP contribution in [-0.4, -0.2) is 60.6 Å². The number of primary amides is 1. The highest BCUT2D eigenvalue weighted by molar-refractivity contribution is 7.91. The molecule has 0 radical (unpaired) electrons. The van der Waals surface area contributed by atoms with E-state index in [9.17, 15) is 22.4 Å². The van der Waals surface area contributed by atoms with Crippen molar-refractivity contribution in [3.63, 3.8) is 0 Å². The van der Waals surface area contributed by atoms with Gasteiger partial charge in [-0.05, 0) is 24.6 Å². The first-order valence-electron chi connectivity index (χ1n) is 10.8. The van der Waals surface area contributed by atoms with Crippen LogP contribution in [-0.2, 0) is 19.4 Å². The van der Waals surface area contributed by atoms with Gasteiger partial charge in [0.05, 0.1) is 22.0 Å². The van der Waals surface area contributed by atoms with Crippen molar-refractivity contribution in [2.24, 2.45) is 5.73 Å². The van der Waals surface area contributed by atoms with Gasteiger partial charge in [-0.15, -0.1) is 11.3 Å².